The molecule has 0 aliphatic carbocycles. The summed E-state index contributed by atoms with van der Waals surface area (Å²) in [5.41, 5.74) is 0. The van der Waals surface area contributed by atoms with Gasteiger partial charge in [0, 0.05) is 13.2 Å². The van der Waals surface area contributed by atoms with Crippen molar-refractivity contribution in [3.8, 4) is 0 Å². The average molecular weight is 212 g/mol. The minimum absolute atomic E-state index is 0. The molecular formula is C9H17NaO4. The van der Waals surface area contributed by atoms with Gasteiger partial charge < -0.3 is 14.3 Å². The first kappa shape index (κ1) is 16.7. The number of Topliss-reactive ketones (excluding diaryl/α,β-unsaturated/α-hetero) is 1. The molecule has 0 aliphatic rings. The Morgan fingerprint density at radius 3 is 2.14 bits per heavy atom. The summed E-state index contributed by atoms with van der Waals surface area (Å²) in [5.74, 6) is -0.151. The maximum absolute atomic E-state index is 11.0. The molecule has 5 heteroatoms. The Kier molecular flexibility index (Phi) is 13.5. The van der Waals surface area contributed by atoms with Crippen molar-refractivity contribution in [1.29, 1.82) is 0 Å². The van der Waals surface area contributed by atoms with Crippen molar-refractivity contribution in [2.45, 2.75) is 33.0 Å². The molecule has 78 valence electrons. The summed E-state index contributed by atoms with van der Waals surface area (Å²) in [4.78, 5) is 21.0. The molecule has 0 atom stereocenters. The number of hydrogen-bond donors (Lipinski definition) is 0. The summed E-state index contributed by atoms with van der Waals surface area (Å²) >= 11 is 0. The molecule has 0 aliphatic heterocycles. The van der Waals surface area contributed by atoms with E-state index in [1.807, 2.05) is 13.8 Å². The van der Waals surface area contributed by atoms with Gasteiger partial charge in [-0.05, 0) is 13.8 Å². The van der Waals surface area contributed by atoms with Crippen LogP contribution >= 0.6 is 0 Å². The molecule has 0 aromatic carbocycles. The zero-order valence-electron chi connectivity index (χ0n) is 8.12. The van der Waals surface area contributed by atoms with Gasteiger partial charge in [0.1, 0.15) is 12.1 Å². The number of ketones is 1. The van der Waals surface area contributed by atoms with Gasteiger partial charge >= 0.3 is 29.6 Å². The van der Waals surface area contributed by atoms with Crippen LogP contribution in [0.4, 0.5) is 0 Å². The number of carbonyl (C=O) groups excluding carboxylic acids is 2. The van der Waals surface area contributed by atoms with Crippen molar-refractivity contribution in [2.24, 2.45) is 0 Å². The number of aldehydes is 1. The van der Waals surface area contributed by atoms with Crippen LogP contribution in [0, 0.1) is 0 Å². The molecule has 0 aromatic rings. The molecule has 0 radical (unpaired) electrons. The van der Waals surface area contributed by atoms with E-state index in [0.29, 0.717) is 19.5 Å². The zero-order valence-corrected chi connectivity index (χ0v) is 8.12. The summed E-state index contributed by atoms with van der Waals surface area (Å²) in [7, 11) is 0. The second-order valence-electron chi connectivity index (χ2n) is 2.45. The van der Waals surface area contributed by atoms with Gasteiger partial charge in [-0.2, -0.15) is 0 Å². The van der Waals surface area contributed by atoms with Gasteiger partial charge in [0.05, 0.1) is 12.8 Å². The van der Waals surface area contributed by atoms with Gasteiger partial charge in [0.2, 0.25) is 0 Å². The Bertz CT molecular complexity index is 155. The average Bonchev–Trinajstić information content (AvgIpc) is 2.05. The number of ether oxygens (including phenoxy) is 2. The number of rotatable bonds is 8. The Labute approximate surface area is 107 Å². The zero-order chi connectivity index (χ0) is 10.1. The molecular weight excluding hydrogens is 195 g/mol. The topological polar surface area (TPSA) is 52.6 Å². The first-order chi connectivity index (χ1) is 6.24. The molecule has 0 N–H and O–H groups in total. The van der Waals surface area contributed by atoms with Crippen LogP contribution in [0.3, 0.4) is 0 Å². The SMILES string of the molecule is CCOC(CC(=O)CC=O)OCC.[NaH]. The summed E-state index contributed by atoms with van der Waals surface area (Å²) in [6.45, 7) is 4.66. The Morgan fingerprint density at radius 1 is 1.29 bits per heavy atom. The third-order valence-electron chi connectivity index (χ3n) is 1.41. The molecule has 0 heterocycles. The van der Waals surface area contributed by atoms with Crippen LogP contribution < -0.4 is 0 Å². The predicted octanol–water partition coefficient (Wildman–Crippen LogP) is 0.285. The van der Waals surface area contributed by atoms with Crippen LogP contribution in [-0.2, 0) is 19.1 Å². The van der Waals surface area contributed by atoms with Crippen molar-refractivity contribution in [2.75, 3.05) is 13.2 Å². The number of carbonyl (C=O) groups is 2. The van der Waals surface area contributed by atoms with Gasteiger partial charge in [0.25, 0.3) is 0 Å². The van der Waals surface area contributed by atoms with Gasteiger partial charge in [0.15, 0.2) is 6.29 Å². The molecule has 0 saturated carbocycles. The van der Waals surface area contributed by atoms with Gasteiger partial charge in [-0.3, -0.25) is 4.79 Å². The standard InChI is InChI=1S/C9H16O4.Na.H/c1-3-12-9(13-4-2)7-8(11)5-6-10;;/h6,9H,3-5,7H2,1-2H3;;. The summed E-state index contributed by atoms with van der Waals surface area (Å²) < 4.78 is 10.3. The Hall–Kier alpha value is 0.260. The first-order valence-corrected chi connectivity index (χ1v) is 4.43. The van der Waals surface area contributed by atoms with Crippen molar-refractivity contribution in [1.82, 2.24) is 0 Å². The van der Waals surface area contributed by atoms with Crippen LogP contribution in [0.15, 0.2) is 0 Å². The maximum atomic E-state index is 11.0. The van der Waals surface area contributed by atoms with E-state index in [0.717, 1.165) is 0 Å². The summed E-state index contributed by atoms with van der Waals surface area (Å²) in [5, 5.41) is 0. The van der Waals surface area contributed by atoms with E-state index in [1.165, 1.54) is 0 Å². The molecule has 14 heavy (non-hydrogen) atoms. The van der Waals surface area contributed by atoms with E-state index < -0.39 is 6.29 Å². The van der Waals surface area contributed by atoms with Crippen LogP contribution in [0.25, 0.3) is 0 Å². The normalized spacial score (nSPS) is 9.64. The molecule has 0 amide bonds. The van der Waals surface area contributed by atoms with E-state index in [2.05, 4.69) is 0 Å². The molecule has 0 rings (SSSR count). The fourth-order valence-corrected chi connectivity index (χ4v) is 0.900. The Balaban J connectivity index is 0. The molecule has 0 saturated heterocycles. The predicted molar refractivity (Wildman–Crippen MR) is 54.5 cm³/mol. The second-order valence-corrected chi connectivity index (χ2v) is 2.45. The molecule has 4 nitrogen and oxygen atoms in total. The Morgan fingerprint density at radius 2 is 1.79 bits per heavy atom. The fraction of sp³-hybridized carbons (Fsp3) is 0.778. The van der Waals surface area contributed by atoms with Crippen molar-refractivity contribution < 1.29 is 19.1 Å². The van der Waals surface area contributed by atoms with Crippen molar-refractivity contribution in [3.05, 3.63) is 0 Å². The van der Waals surface area contributed by atoms with Crippen molar-refractivity contribution in [3.63, 3.8) is 0 Å². The monoisotopic (exact) mass is 212 g/mol. The summed E-state index contributed by atoms with van der Waals surface area (Å²) in [6, 6.07) is 0. The first-order valence-electron chi connectivity index (χ1n) is 4.43. The molecule has 0 aromatic heterocycles. The van der Waals surface area contributed by atoms with Crippen LogP contribution in [0.5, 0.6) is 0 Å². The molecule has 0 unspecified atom stereocenters. The van der Waals surface area contributed by atoms with Gasteiger partial charge in [-0.25, -0.2) is 0 Å². The van der Waals surface area contributed by atoms with E-state index in [-0.39, 0.29) is 48.2 Å². The third kappa shape index (κ3) is 8.84. The fourth-order valence-electron chi connectivity index (χ4n) is 0.900. The van der Waals surface area contributed by atoms with E-state index in [1.54, 1.807) is 0 Å². The van der Waals surface area contributed by atoms with Gasteiger partial charge in [-0.15, -0.1) is 0 Å². The van der Waals surface area contributed by atoms with Crippen LogP contribution in [0.2, 0.25) is 0 Å². The molecule has 0 bridgehead atoms. The quantitative estimate of drug-likeness (QED) is 0.251. The molecule has 0 fully saturated rings. The van der Waals surface area contributed by atoms with Crippen LogP contribution in [0.1, 0.15) is 26.7 Å². The van der Waals surface area contributed by atoms with E-state index >= 15 is 0 Å². The van der Waals surface area contributed by atoms with E-state index in [4.69, 9.17) is 9.47 Å². The number of hydrogen-bond acceptors (Lipinski definition) is 4. The van der Waals surface area contributed by atoms with Gasteiger partial charge in [-0.1, -0.05) is 0 Å². The molecule has 0 spiro atoms. The summed E-state index contributed by atoms with van der Waals surface area (Å²) in [6.07, 6.45) is 0.191. The van der Waals surface area contributed by atoms with E-state index in [9.17, 15) is 9.59 Å². The second kappa shape index (κ2) is 11.3. The van der Waals surface area contributed by atoms with Crippen molar-refractivity contribution >= 4 is 41.6 Å². The minimum atomic E-state index is -0.498. The van der Waals surface area contributed by atoms with Crippen LogP contribution in [-0.4, -0.2) is 61.1 Å². The third-order valence-corrected chi connectivity index (χ3v) is 1.41.